The first-order valence-corrected chi connectivity index (χ1v) is 15.0. The van der Waals surface area contributed by atoms with Crippen molar-refractivity contribution in [1.82, 2.24) is 14.8 Å². The number of fused-ring (bicyclic) bond motifs is 1. The Labute approximate surface area is 252 Å². The van der Waals surface area contributed by atoms with Crippen molar-refractivity contribution in [2.24, 2.45) is 5.92 Å². The fourth-order valence-electron chi connectivity index (χ4n) is 5.61. The van der Waals surface area contributed by atoms with Gasteiger partial charge in [-0.2, -0.15) is 0 Å². The van der Waals surface area contributed by atoms with Crippen molar-refractivity contribution >= 4 is 40.0 Å². The van der Waals surface area contributed by atoms with E-state index in [0.29, 0.717) is 23.0 Å². The molecule has 41 heavy (non-hydrogen) atoms. The van der Waals surface area contributed by atoms with Gasteiger partial charge in [-0.25, -0.2) is 0 Å². The maximum atomic E-state index is 13.2. The van der Waals surface area contributed by atoms with Gasteiger partial charge in [0.25, 0.3) is 5.91 Å². The molecule has 0 spiro atoms. The molecule has 1 aliphatic rings. The van der Waals surface area contributed by atoms with Gasteiger partial charge in [0.15, 0.2) is 0 Å². The SMILES string of the molecule is COc1cccc2c(C(=O)NCc3cccc(Cl)c3)cn(CCCN3CCC(CCOc4ccc(Cl)cc4)CC3)c12. The molecule has 216 valence electrons. The van der Waals surface area contributed by atoms with Gasteiger partial charge in [-0.15, -0.1) is 0 Å². The topological polar surface area (TPSA) is 55.7 Å². The monoisotopic (exact) mass is 593 g/mol. The molecule has 1 aromatic heterocycles. The molecule has 1 fully saturated rings. The molecule has 0 aliphatic carbocycles. The van der Waals surface area contributed by atoms with Crippen LogP contribution in [-0.2, 0) is 13.1 Å². The number of halogens is 2. The molecular formula is C33H37Cl2N3O3. The number of para-hydroxylation sites is 1. The van der Waals surface area contributed by atoms with Crippen molar-refractivity contribution in [3.05, 3.63) is 94.1 Å². The minimum atomic E-state index is -0.107. The third-order valence-corrected chi connectivity index (χ3v) is 8.34. The number of piperidine rings is 1. The Morgan fingerprint density at radius 2 is 1.76 bits per heavy atom. The molecule has 0 bridgehead atoms. The molecule has 0 radical (unpaired) electrons. The molecule has 1 N–H and O–H groups in total. The number of nitrogens with one attached hydrogen (secondary N) is 1. The highest BCUT2D eigenvalue weighted by Crippen LogP contribution is 2.30. The van der Waals surface area contributed by atoms with Gasteiger partial charge in [0.05, 0.1) is 24.8 Å². The average molecular weight is 595 g/mol. The Balaban J connectivity index is 1.13. The van der Waals surface area contributed by atoms with E-state index in [1.807, 2.05) is 72.9 Å². The molecule has 0 unspecified atom stereocenters. The summed E-state index contributed by atoms with van der Waals surface area (Å²) in [5, 5.41) is 5.33. The number of carbonyl (C=O) groups is 1. The number of nitrogens with zero attached hydrogens (tertiary/aromatic N) is 2. The molecule has 0 atom stereocenters. The summed E-state index contributed by atoms with van der Waals surface area (Å²) in [6, 6.07) is 21.0. The van der Waals surface area contributed by atoms with E-state index in [-0.39, 0.29) is 5.91 Å². The van der Waals surface area contributed by atoms with Gasteiger partial charge < -0.3 is 24.3 Å². The van der Waals surface area contributed by atoms with Gasteiger partial charge in [0.1, 0.15) is 11.5 Å². The lowest BCUT2D eigenvalue weighted by Crippen LogP contribution is -2.35. The van der Waals surface area contributed by atoms with Crippen LogP contribution in [0.25, 0.3) is 10.9 Å². The van der Waals surface area contributed by atoms with Crippen molar-refractivity contribution in [2.75, 3.05) is 33.4 Å². The molecule has 1 saturated heterocycles. The third kappa shape index (κ3) is 7.76. The minimum absolute atomic E-state index is 0.107. The van der Waals surface area contributed by atoms with Crippen LogP contribution in [0.1, 0.15) is 41.6 Å². The number of rotatable bonds is 12. The van der Waals surface area contributed by atoms with Gasteiger partial charge in [0, 0.05) is 34.7 Å². The van der Waals surface area contributed by atoms with Crippen molar-refractivity contribution in [1.29, 1.82) is 0 Å². The van der Waals surface area contributed by atoms with Crippen LogP contribution in [0.5, 0.6) is 11.5 Å². The number of aryl methyl sites for hydroxylation is 1. The maximum Gasteiger partial charge on any atom is 0.253 e. The van der Waals surface area contributed by atoms with E-state index in [0.717, 1.165) is 78.6 Å². The zero-order valence-corrected chi connectivity index (χ0v) is 25.0. The lowest BCUT2D eigenvalue weighted by atomic mass is 9.94. The molecule has 1 amide bonds. The summed E-state index contributed by atoms with van der Waals surface area (Å²) in [6.07, 6.45) is 6.43. The zero-order chi connectivity index (χ0) is 28.6. The number of benzene rings is 3. The van der Waals surface area contributed by atoms with E-state index in [2.05, 4.69) is 14.8 Å². The number of carbonyl (C=O) groups excluding carboxylic acids is 1. The second-order valence-corrected chi connectivity index (χ2v) is 11.5. The summed E-state index contributed by atoms with van der Waals surface area (Å²) < 4.78 is 13.8. The van der Waals surface area contributed by atoms with Crippen LogP contribution in [0.15, 0.2) is 72.9 Å². The number of hydrogen-bond donors (Lipinski definition) is 1. The second kappa shape index (κ2) is 14.1. The molecule has 2 heterocycles. The molecule has 4 aromatic rings. The van der Waals surface area contributed by atoms with Crippen molar-refractivity contribution in [3.63, 3.8) is 0 Å². The number of hydrogen-bond acceptors (Lipinski definition) is 4. The Bertz CT molecular complexity index is 1450. The quantitative estimate of drug-likeness (QED) is 0.185. The summed E-state index contributed by atoms with van der Waals surface area (Å²) >= 11 is 12.1. The minimum Gasteiger partial charge on any atom is -0.495 e. The van der Waals surface area contributed by atoms with Gasteiger partial charge in [-0.05, 0) is 99.3 Å². The van der Waals surface area contributed by atoms with Crippen LogP contribution in [0, 0.1) is 5.92 Å². The molecule has 1 aliphatic heterocycles. The second-order valence-electron chi connectivity index (χ2n) is 10.6. The smallest absolute Gasteiger partial charge is 0.253 e. The van der Waals surface area contributed by atoms with Crippen LogP contribution in [-0.4, -0.2) is 48.7 Å². The van der Waals surface area contributed by atoms with E-state index in [4.69, 9.17) is 32.7 Å². The van der Waals surface area contributed by atoms with Crippen LogP contribution >= 0.6 is 23.2 Å². The fourth-order valence-corrected chi connectivity index (χ4v) is 5.95. The Morgan fingerprint density at radius 3 is 2.51 bits per heavy atom. The number of aromatic nitrogens is 1. The predicted octanol–water partition coefficient (Wildman–Crippen LogP) is 7.46. The molecule has 5 rings (SSSR count). The average Bonchev–Trinajstić information content (AvgIpc) is 3.37. The lowest BCUT2D eigenvalue weighted by molar-refractivity contribution is 0.0952. The largest absolute Gasteiger partial charge is 0.495 e. The summed E-state index contributed by atoms with van der Waals surface area (Å²) in [5.74, 6) is 2.24. The Kier molecular flexibility index (Phi) is 10.1. The van der Waals surface area contributed by atoms with Gasteiger partial charge >= 0.3 is 0 Å². The van der Waals surface area contributed by atoms with Gasteiger partial charge in [0.2, 0.25) is 0 Å². The number of amides is 1. The molecule has 6 nitrogen and oxygen atoms in total. The highest BCUT2D eigenvalue weighted by atomic mass is 35.5. The van der Waals surface area contributed by atoms with Gasteiger partial charge in [-0.3, -0.25) is 4.79 Å². The Morgan fingerprint density at radius 1 is 0.976 bits per heavy atom. The summed E-state index contributed by atoms with van der Waals surface area (Å²) in [7, 11) is 1.68. The highest BCUT2D eigenvalue weighted by molar-refractivity contribution is 6.30. The maximum absolute atomic E-state index is 13.2. The van der Waals surface area contributed by atoms with Crippen LogP contribution in [0.2, 0.25) is 10.0 Å². The molecule has 8 heteroatoms. The van der Waals surface area contributed by atoms with Crippen LogP contribution in [0.3, 0.4) is 0 Å². The summed E-state index contributed by atoms with van der Waals surface area (Å²) in [6.45, 7) is 5.21. The number of likely N-dealkylation sites (tertiary alicyclic amines) is 1. The normalized spacial score (nSPS) is 14.3. The lowest BCUT2D eigenvalue weighted by Gasteiger charge is -2.32. The van der Waals surface area contributed by atoms with Crippen molar-refractivity contribution in [3.8, 4) is 11.5 Å². The van der Waals surface area contributed by atoms with Gasteiger partial charge in [-0.1, -0.05) is 47.5 Å². The zero-order valence-electron chi connectivity index (χ0n) is 23.5. The van der Waals surface area contributed by atoms with E-state index in [1.165, 1.54) is 12.8 Å². The van der Waals surface area contributed by atoms with Crippen LogP contribution in [0.4, 0.5) is 0 Å². The van der Waals surface area contributed by atoms with E-state index in [1.54, 1.807) is 7.11 Å². The first-order chi connectivity index (χ1) is 20.0. The van der Waals surface area contributed by atoms with Crippen LogP contribution < -0.4 is 14.8 Å². The first-order valence-electron chi connectivity index (χ1n) is 14.3. The summed E-state index contributed by atoms with van der Waals surface area (Å²) in [4.78, 5) is 15.8. The first kappa shape index (κ1) is 29.3. The molecule has 3 aromatic carbocycles. The van der Waals surface area contributed by atoms with Crippen molar-refractivity contribution in [2.45, 2.75) is 38.8 Å². The van der Waals surface area contributed by atoms with E-state index < -0.39 is 0 Å². The highest BCUT2D eigenvalue weighted by Gasteiger charge is 2.21. The third-order valence-electron chi connectivity index (χ3n) is 7.86. The molecular weight excluding hydrogens is 557 g/mol. The predicted molar refractivity (Wildman–Crippen MR) is 166 cm³/mol. The number of ether oxygens (including phenoxy) is 2. The van der Waals surface area contributed by atoms with Crippen molar-refractivity contribution < 1.29 is 14.3 Å². The Hall–Kier alpha value is -3.19. The number of methoxy groups -OCH3 is 1. The fraction of sp³-hybridized carbons (Fsp3) is 0.364. The molecule has 0 saturated carbocycles. The van der Waals surface area contributed by atoms with E-state index >= 15 is 0 Å². The van der Waals surface area contributed by atoms with E-state index in [9.17, 15) is 4.79 Å². The summed E-state index contributed by atoms with van der Waals surface area (Å²) in [5.41, 5.74) is 2.58. The standard InChI is InChI=1S/C33H37Cl2N3O3/c1-40-31-8-3-7-29-30(33(39)36-22-25-5-2-6-27(35)21-25)23-38(32(29)31)17-4-16-37-18-13-24(14-19-37)15-20-41-28-11-9-26(34)10-12-28/h2-3,5-12,21,23-24H,4,13-20,22H2,1H3,(H,36,39).